The summed E-state index contributed by atoms with van der Waals surface area (Å²) in [5.74, 6) is -0.885. The zero-order valence-electron chi connectivity index (χ0n) is 13.2. The van der Waals surface area contributed by atoms with Crippen molar-refractivity contribution in [3.63, 3.8) is 0 Å². The number of carbonyl (C=O) groups excluding carboxylic acids is 3. The van der Waals surface area contributed by atoms with Gasteiger partial charge in [-0.1, -0.05) is 37.3 Å². The molecule has 5 nitrogen and oxygen atoms in total. The molecule has 0 amide bonds. The molecule has 0 aliphatic carbocycles. The van der Waals surface area contributed by atoms with E-state index in [-0.39, 0.29) is 24.5 Å². The van der Waals surface area contributed by atoms with Crippen molar-refractivity contribution in [2.45, 2.75) is 38.3 Å². The molecule has 0 spiro atoms. The van der Waals surface area contributed by atoms with Gasteiger partial charge in [0, 0.05) is 17.5 Å². The molecule has 0 aromatic heterocycles. The van der Waals surface area contributed by atoms with E-state index in [1.165, 1.54) is 7.11 Å². The van der Waals surface area contributed by atoms with Gasteiger partial charge in [-0.2, -0.15) is 0 Å². The first-order valence-electron chi connectivity index (χ1n) is 7.38. The molecular weight excluding hydrogens is 282 g/mol. The van der Waals surface area contributed by atoms with Crippen molar-refractivity contribution < 1.29 is 19.1 Å². The topological polar surface area (TPSA) is 63.7 Å². The third kappa shape index (κ3) is 2.95. The van der Waals surface area contributed by atoms with Gasteiger partial charge in [0.15, 0.2) is 17.6 Å². The lowest BCUT2D eigenvalue weighted by Crippen LogP contribution is -2.51. The summed E-state index contributed by atoms with van der Waals surface area (Å²) in [5.41, 5.74) is 0.0734. The van der Waals surface area contributed by atoms with Crippen LogP contribution in [0.5, 0.6) is 0 Å². The molecule has 1 aliphatic heterocycles. The average Bonchev–Trinajstić information content (AvgIpc) is 2.78. The summed E-state index contributed by atoms with van der Waals surface area (Å²) < 4.78 is 4.75. The lowest BCUT2D eigenvalue weighted by molar-refractivity contribution is -0.149. The number of ether oxygens (including phenoxy) is 1. The first-order chi connectivity index (χ1) is 10.4. The van der Waals surface area contributed by atoms with Gasteiger partial charge in [-0.25, -0.2) is 4.79 Å². The average molecular weight is 303 g/mol. The summed E-state index contributed by atoms with van der Waals surface area (Å²) in [4.78, 5) is 38.3. The highest BCUT2D eigenvalue weighted by atomic mass is 16.5. The SMILES string of the molecule is CCC1(C)CC(=O)C(C(=O)OC)N1CC(=O)c1ccccc1. The number of Topliss-reactive ketones (excluding diaryl/α,β-unsaturated/α-hetero) is 2. The quantitative estimate of drug-likeness (QED) is 0.472. The maximum absolute atomic E-state index is 12.5. The Morgan fingerprint density at radius 3 is 2.50 bits per heavy atom. The molecule has 2 atom stereocenters. The van der Waals surface area contributed by atoms with E-state index in [1.807, 2.05) is 19.9 Å². The Morgan fingerprint density at radius 2 is 1.95 bits per heavy atom. The fourth-order valence-corrected chi connectivity index (χ4v) is 2.91. The highest BCUT2D eigenvalue weighted by Crippen LogP contribution is 2.34. The monoisotopic (exact) mass is 303 g/mol. The van der Waals surface area contributed by atoms with Gasteiger partial charge in [0.25, 0.3) is 0 Å². The van der Waals surface area contributed by atoms with Gasteiger partial charge < -0.3 is 4.74 Å². The summed E-state index contributed by atoms with van der Waals surface area (Å²) in [6.07, 6.45) is 0.930. The van der Waals surface area contributed by atoms with Gasteiger partial charge in [0.05, 0.1) is 13.7 Å². The lowest BCUT2D eigenvalue weighted by atomic mass is 9.95. The van der Waals surface area contributed by atoms with Crippen molar-refractivity contribution in [1.29, 1.82) is 0 Å². The van der Waals surface area contributed by atoms with Gasteiger partial charge in [0.2, 0.25) is 0 Å². The standard InChI is InChI=1S/C17H21NO4/c1-4-17(2)10-13(19)15(16(21)22-3)18(17)11-14(20)12-8-6-5-7-9-12/h5-9,15H,4,10-11H2,1-3H3. The Hall–Kier alpha value is -2.01. The predicted octanol–water partition coefficient (Wildman–Crippen LogP) is 1.85. The Kier molecular flexibility index (Phi) is 4.76. The molecule has 1 fully saturated rings. The van der Waals surface area contributed by atoms with Crippen LogP contribution >= 0.6 is 0 Å². The third-order valence-corrected chi connectivity index (χ3v) is 4.46. The van der Waals surface area contributed by atoms with Gasteiger partial charge in [0.1, 0.15) is 0 Å². The molecule has 0 radical (unpaired) electrons. The number of methoxy groups -OCH3 is 1. The smallest absolute Gasteiger partial charge is 0.330 e. The number of rotatable bonds is 5. The van der Waals surface area contributed by atoms with Crippen molar-refractivity contribution in [2.24, 2.45) is 0 Å². The number of hydrogen-bond acceptors (Lipinski definition) is 5. The number of benzene rings is 1. The molecule has 118 valence electrons. The van der Waals surface area contributed by atoms with Crippen LogP contribution in [0.15, 0.2) is 30.3 Å². The minimum atomic E-state index is -0.984. The van der Waals surface area contributed by atoms with Gasteiger partial charge in [-0.3, -0.25) is 14.5 Å². The second-order valence-electron chi connectivity index (χ2n) is 5.84. The van der Waals surface area contributed by atoms with Crippen LogP contribution < -0.4 is 0 Å². The van der Waals surface area contributed by atoms with Crippen LogP contribution in [-0.2, 0) is 14.3 Å². The minimum absolute atomic E-state index is 0.0276. The van der Waals surface area contributed by atoms with Crippen LogP contribution in [0, 0.1) is 0 Å². The van der Waals surface area contributed by atoms with E-state index in [0.717, 1.165) is 0 Å². The van der Waals surface area contributed by atoms with E-state index in [9.17, 15) is 14.4 Å². The van der Waals surface area contributed by atoms with Crippen molar-refractivity contribution >= 4 is 17.5 Å². The first kappa shape index (κ1) is 16.4. The number of esters is 1. The van der Waals surface area contributed by atoms with Gasteiger partial charge in [-0.15, -0.1) is 0 Å². The first-order valence-corrected chi connectivity index (χ1v) is 7.38. The zero-order valence-corrected chi connectivity index (χ0v) is 13.2. The Bertz CT molecular complexity index is 584. The molecule has 22 heavy (non-hydrogen) atoms. The molecule has 0 saturated carbocycles. The maximum Gasteiger partial charge on any atom is 0.330 e. The number of carbonyl (C=O) groups is 3. The van der Waals surface area contributed by atoms with E-state index in [0.29, 0.717) is 12.0 Å². The van der Waals surface area contributed by atoms with Crippen LogP contribution in [0.25, 0.3) is 0 Å². The van der Waals surface area contributed by atoms with E-state index >= 15 is 0 Å². The van der Waals surface area contributed by atoms with Crippen molar-refractivity contribution in [3.8, 4) is 0 Å². The van der Waals surface area contributed by atoms with Crippen molar-refractivity contribution in [3.05, 3.63) is 35.9 Å². The molecule has 1 saturated heterocycles. The summed E-state index contributed by atoms with van der Waals surface area (Å²) in [7, 11) is 1.26. The number of hydrogen-bond donors (Lipinski definition) is 0. The van der Waals surface area contributed by atoms with E-state index in [2.05, 4.69) is 0 Å². The predicted molar refractivity (Wildman–Crippen MR) is 81.6 cm³/mol. The molecule has 0 N–H and O–H groups in total. The Balaban J connectivity index is 2.29. The molecule has 5 heteroatoms. The fourth-order valence-electron chi connectivity index (χ4n) is 2.91. The van der Waals surface area contributed by atoms with E-state index < -0.39 is 17.6 Å². The molecule has 2 unspecified atom stereocenters. The maximum atomic E-state index is 12.5. The molecule has 1 aliphatic rings. The lowest BCUT2D eigenvalue weighted by Gasteiger charge is -2.35. The van der Waals surface area contributed by atoms with Crippen LogP contribution in [-0.4, -0.2) is 47.7 Å². The van der Waals surface area contributed by atoms with Crippen LogP contribution in [0.4, 0.5) is 0 Å². The van der Waals surface area contributed by atoms with E-state index in [4.69, 9.17) is 4.74 Å². The molecule has 0 bridgehead atoms. The van der Waals surface area contributed by atoms with Gasteiger partial charge >= 0.3 is 5.97 Å². The summed E-state index contributed by atoms with van der Waals surface area (Å²) in [6, 6.07) is 7.90. The van der Waals surface area contributed by atoms with E-state index in [1.54, 1.807) is 29.2 Å². The normalized spacial score (nSPS) is 25.2. The minimum Gasteiger partial charge on any atom is -0.468 e. The Morgan fingerprint density at radius 1 is 1.32 bits per heavy atom. The zero-order chi connectivity index (χ0) is 16.3. The summed E-state index contributed by atoms with van der Waals surface area (Å²) in [5, 5.41) is 0. The largest absolute Gasteiger partial charge is 0.468 e. The number of ketones is 2. The van der Waals surface area contributed by atoms with Crippen LogP contribution in [0.3, 0.4) is 0 Å². The Labute approximate surface area is 130 Å². The van der Waals surface area contributed by atoms with Crippen LogP contribution in [0.2, 0.25) is 0 Å². The fraction of sp³-hybridized carbons (Fsp3) is 0.471. The van der Waals surface area contributed by atoms with Crippen LogP contribution in [0.1, 0.15) is 37.0 Å². The van der Waals surface area contributed by atoms with Crippen molar-refractivity contribution in [2.75, 3.05) is 13.7 Å². The second kappa shape index (κ2) is 6.40. The highest BCUT2D eigenvalue weighted by Gasteiger charge is 2.51. The third-order valence-electron chi connectivity index (χ3n) is 4.46. The molecule has 1 heterocycles. The molecule has 1 aromatic carbocycles. The number of likely N-dealkylation sites (tertiary alicyclic amines) is 1. The highest BCUT2D eigenvalue weighted by molar-refractivity contribution is 6.06. The van der Waals surface area contributed by atoms with Crippen molar-refractivity contribution in [1.82, 2.24) is 4.90 Å². The van der Waals surface area contributed by atoms with Gasteiger partial charge in [-0.05, 0) is 13.3 Å². The summed E-state index contributed by atoms with van der Waals surface area (Å²) >= 11 is 0. The second-order valence-corrected chi connectivity index (χ2v) is 5.84. The molecule has 2 rings (SSSR count). The number of nitrogens with zero attached hydrogens (tertiary/aromatic N) is 1. The molecular formula is C17H21NO4. The molecule has 1 aromatic rings. The summed E-state index contributed by atoms with van der Waals surface area (Å²) in [6.45, 7) is 3.89.